The van der Waals surface area contributed by atoms with Crippen LogP contribution < -0.4 is 4.90 Å². The Bertz CT molecular complexity index is 605. The van der Waals surface area contributed by atoms with Gasteiger partial charge in [0.2, 0.25) is 0 Å². The van der Waals surface area contributed by atoms with Crippen LogP contribution in [0, 0.1) is 0 Å². The fraction of sp³-hybridized carbons (Fsp3) is 0.357. The molecule has 0 atom stereocenters. The number of carboxylic acids is 1. The zero-order valence-electron chi connectivity index (χ0n) is 10.5. The molecular formula is C14H15N3O2. The Morgan fingerprint density at radius 1 is 1.37 bits per heavy atom. The Hall–Kier alpha value is -2.17. The van der Waals surface area contributed by atoms with E-state index in [1.807, 2.05) is 24.3 Å². The number of carbonyl (C=O) groups is 1. The Kier molecular flexibility index (Phi) is 3.03. The summed E-state index contributed by atoms with van der Waals surface area (Å²) in [6, 6.07) is 8.35. The Labute approximate surface area is 110 Å². The van der Waals surface area contributed by atoms with Crippen LogP contribution in [0.2, 0.25) is 0 Å². The van der Waals surface area contributed by atoms with Crippen molar-refractivity contribution in [2.24, 2.45) is 0 Å². The minimum absolute atomic E-state index is 0.126. The predicted octanol–water partition coefficient (Wildman–Crippen LogP) is 2.07. The van der Waals surface area contributed by atoms with Crippen LogP contribution in [0.4, 0.5) is 5.82 Å². The maximum Gasteiger partial charge on any atom is 0.305 e. The number of nitrogens with zero attached hydrogens (tertiary/aromatic N) is 3. The van der Waals surface area contributed by atoms with Crippen LogP contribution in [0.3, 0.4) is 0 Å². The molecule has 1 N–H and O–H groups in total. The molecule has 2 aromatic rings. The second-order valence-corrected chi connectivity index (χ2v) is 4.82. The summed E-state index contributed by atoms with van der Waals surface area (Å²) in [5.41, 5.74) is 0. The van der Waals surface area contributed by atoms with E-state index in [2.05, 4.69) is 15.1 Å². The molecule has 0 unspecified atom stereocenters. The summed E-state index contributed by atoms with van der Waals surface area (Å²) in [7, 11) is 0. The van der Waals surface area contributed by atoms with Gasteiger partial charge in [-0.15, -0.1) is 5.10 Å². The summed E-state index contributed by atoms with van der Waals surface area (Å²) in [4.78, 5) is 12.9. The lowest BCUT2D eigenvalue weighted by molar-refractivity contribution is -0.136. The first-order valence-corrected chi connectivity index (χ1v) is 6.44. The molecule has 3 rings (SSSR count). The average molecular weight is 257 g/mol. The van der Waals surface area contributed by atoms with Crippen molar-refractivity contribution < 1.29 is 9.90 Å². The number of carboxylic acid groups (broad SMARTS) is 1. The normalized spacial score (nSPS) is 14.5. The third-order valence-corrected chi connectivity index (χ3v) is 3.38. The van der Waals surface area contributed by atoms with Gasteiger partial charge in [-0.3, -0.25) is 4.79 Å². The molecule has 0 spiro atoms. The Balaban J connectivity index is 1.97. The molecule has 0 aliphatic heterocycles. The number of hydrogen-bond donors (Lipinski definition) is 1. The minimum atomic E-state index is -0.779. The molecule has 0 saturated heterocycles. The molecular weight excluding hydrogens is 242 g/mol. The number of aromatic nitrogens is 2. The Morgan fingerprint density at radius 2 is 2.16 bits per heavy atom. The zero-order chi connectivity index (χ0) is 13.2. The fourth-order valence-electron chi connectivity index (χ4n) is 2.29. The zero-order valence-corrected chi connectivity index (χ0v) is 10.5. The lowest BCUT2D eigenvalue weighted by atomic mass is 10.2. The van der Waals surface area contributed by atoms with E-state index < -0.39 is 5.97 Å². The van der Waals surface area contributed by atoms with Crippen LogP contribution >= 0.6 is 0 Å². The van der Waals surface area contributed by atoms with Crippen LogP contribution in [0.5, 0.6) is 0 Å². The van der Waals surface area contributed by atoms with Gasteiger partial charge in [0.25, 0.3) is 0 Å². The fourth-order valence-corrected chi connectivity index (χ4v) is 2.29. The number of anilines is 1. The summed E-state index contributed by atoms with van der Waals surface area (Å²) in [5.74, 6) is 0.0284. The monoisotopic (exact) mass is 257 g/mol. The molecule has 5 nitrogen and oxygen atoms in total. The average Bonchev–Trinajstić information content (AvgIpc) is 3.23. The van der Waals surface area contributed by atoms with Crippen molar-refractivity contribution in [2.75, 3.05) is 11.4 Å². The predicted molar refractivity (Wildman–Crippen MR) is 72.2 cm³/mol. The van der Waals surface area contributed by atoms with Crippen molar-refractivity contribution in [3.8, 4) is 0 Å². The largest absolute Gasteiger partial charge is 0.481 e. The van der Waals surface area contributed by atoms with Gasteiger partial charge in [0.15, 0.2) is 5.82 Å². The van der Waals surface area contributed by atoms with E-state index in [1.54, 1.807) is 6.20 Å². The summed E-state index contributed by atoms with van der Waals surface area (Å²) in [6.07, 6.45) is 4.07. The third-order valence-electron chi connectivity index (χ3n) is 3.38. The van der Waals surface area contributed by atoms with Crippen molar-refractivity contribution in [1.29, 1.82) is 0 Å². The number of benzene rings is 1. The van der Waals surface area contributed by atoms with Gasteiger partial charge in [-0.2, -0.15) is 5.10 Å². The standard InChI is InChI=1S/C14H15N3O2/c18-13(19)7-8-17(11-5-6-11)14-12-4-2-1-3-10(12)9-15-16-14/h1-4,9,11H,5-8H2,(H,18,19). The van der Waals surface area contributed by atoms with E-state index in [4.69, 9.17) is 5.11 Å². The maximum atomic E-state index is 10.8. The molecule has 1 aliphatic rings. The maximum absolute atomic E-state index is 10.8. The van der Waals surface area contributed by atoms with Gasteiger partial charge in [-0.25, -0.2) is 0 Å². The van der Waals surface area contributed by atoms with Crippen LogP contribution in [-0.2, 0) is 4.79 Å². The van der Waals surface area contributed by atoms with Crippen molar-refractivity contribution in [2.45, 2.75) is 25.3 Å². The van der Waals surface area contributed by atoms with Gasteiger partial charge in [-0.05, 0) is 12.8 Å². The minimum Gasteiger partial charge on any atom is -0.481 e. The van der Waals surface area contributed by atoms with E-state index >= 15 is 0 Å². The third kappa shape index (κ3) is 2.50. The van der Waals surface area contributed by atoms with Crippen molar-refractivity contribution in [1.82, 2.24) is 10.2 Å². The Morgan fingerprint density at radius 3 is 2.89 bits per heavy atom. The highest BCUT2D eigenvalue weighted by Crippen LogP contribution is 2.33. The number of hydrogen-bond acceptors (Lipinski definition) is 4. The summed E-state index contributed by atoms with van der Waals surface area (Å²) in [6.45, 7) is 0.489. The number of rotatable bonds is 5. The first-order valence-electron chi connectivity index (χ1n) is 6.44. The SMILES string of the molecule is O=C(O)CCN(c1nncc2ccccc12)C1CC1. The van der Waals surface area contributed by atoms with Gasteiger partial charge < -0.3 is 10.0 Å². The van der Waals surface area contributed by atoms with Crippen LogP contribution in [0.1, 0.15) is 19.3 Å². The van der Waals surface area contributed by atoms with E-state index in [-0.39, 0.29) is 6.42 Å². The van der Waals surface area contributed by atoms with Gasteiger partial charge in [0.1, 0.15) is 0 Å². The highest BCUT2D eigenvalue weighted by atomic mass is 16.4. The van der Waals surface area contributed by atoms with Gasteiger partial charge in [0, 0.05) is 23.4 Å². The second kappa shape index (κ2) is 4.84. The molecule has 1 saturated carbocycles. The van der Waals surface area contributed by atoms with Crippen molar-refractivity contribution in [3.63, 3.8) is 0 Å². The summed E-state index contributed by atoms with van der Waals surface area (Å²) < 4.78 is 0. The number of aliphatic carboxylic acids is 1. The molecule has 1 fully saturated rings. The summed E-state index contributed by atoms with van der Waals surface area (Å²) in [5, 5.41) is 19.2. The molecule has 0 amide bonds. The molecule has 0 radical (unpaired) electrons. The van der Waals surface area contributed by atoms with Gasteiger partial charge in [0.05, 0.1) is 12.6 Å². The molecule has 1 heterocycles. The smallest absolute Gasteiger partial charge is 0.305 e. The van der Waals surface area contributed by atoms with Crippen LogP contribution in [0.25, 0.3) is 10.8 Å². The lowest BCUT2D eigenvalue weighted by Crippen LogP contribution is -2.29. The van der Waals surface area contributed by atoms with Crippen LogP contribution in [-0.4, -0.2) is 33.9 Å². The molecule has 1 aromatic heterocycles. The van der Waals surface area contributed by atoms with E-state index in [0.29, 0.717) is 12.6 Å². The lowest BCUT2D eigenvalue weighted by Gasteiger charge is -2.23. The van der Waals surface area contributed by atoms with Crippen LogP contribution in [0.15, 0.2) is 30.5 Å². The first kappa shape index (κ1) is 11.9. The van der Waals surface area contributed by atoms with Gasteiger partial charge >= 0.3 is 5.97 Å². The summed E-state index contributed by atoms with van der Waals surface area (Å²) >= 11 is 0. The topological polar surface area (TPSA) is 66.3 Å². The number of fused-ring (bicyclic) bond motifs is 1. The van der Waals surface area contributed by atoms with E-state index in [9.17, 15) is 4.79 Å². The highest BCUT2D eigenvalue weighted by Gasteiger charge is 2.31. The molecule has 5 heteroatoms. The molecule has 0 bridgehead atoms. The van der Waals surface area contributed by atoms with Gasteiger partial charge in [-0.1, -0.05) is 24.3 Å². The molecule has 98 valence electrons. The second-order valence-electron chi connectivity index (χ2n) is 4.82. The quantitative estimate of drug-likeness (QED) is 0.888. The molecule has 19 heavy (non-hydrogen) atoms. The van der Waals surface area contributed by atoms with E-state index in [0.717, 1.165) is 29.4 Å². The first-order chi connectivity index (χ1) is 9.25. The van der Waals surface area contributed by atoms with Crippen molar-refractivity contribution >= 4 is 22.6 Å². The molecule has 1 aromatic carbocycles. The molecule has 1 aliphatic carbocycles. The highest BCUT2D eigenvalue weighted by molar-refractivity contribution is 5.91. The van der Waals surface area contributed by atoms with E-state index in [1.165, 1.54) is 0 Å². The van der Waals surface area contributed by atoms with Crippen molar-refractivity contribution in [3.05, 3.63) is 30.5 Å².